The Morgan fingerprint density at radius 2 is 2.05 bits per heavy atom. The minimum atomic E-state index is -0.286. The number of anilines is 1. The standard InChI is InChI=1S/C16H23NO3/c1-2-10-19-15-9-8-12(11-14(15)17)16(18)20-13-6-4-3-5-7-13/h8-9,11,13H,2-7,10,17H2,1H3. The van der Waals surface area contributed by atoms with Crippen molar-refractivity contribution in [3.63, 3.8) is 0 Å². The Morgan fingerprint density at radius 3 is 2.70 bits per heavy atom. The second-order valence-electron chi connectivity index (χ2n) is 5.27. The van der Waals surface area contributed by atoms with E-state index in [2.05, 4.69) is 0 Å². The Morgan fingerprint density at radius 1 is 1.30 bits per heavy atom. The third kappa shape index (κ3) is 3.89. The van der Waals surface area contributed by atoms with Gasteiger partial charge in [0.1, 0.15) is 11.9 Å². The minimum absolute atomic E-state index is 0.0634. The van der Waals surface area contributed by atoms with Gasteiger partial charge in [-0.25, -0.2) is 4.79 Å². The minimum Gasteiger partial charge on any atom is -0.491 e. The Labute approximate surface area is 120 Å². The van der Waals surface area contributed by atoms with E-state index in [0.717, 1.165) is 32.1 Å². The van der Waals surface area contributed by atoms with Crippen LogP contribution in [0.5, 0.6) is 5.75 Å². The van der Waals surface area contributed by atoms with Crippen molar-refractivity contribution in [1.29, 1.82) is 0 Å². The van der Waals surface area contributed by atoms with Gasteiger partial charge in [0.05, 0.1) is 17.9 Å². The number of carbonyl (C=O) groups is 1. The van der Waals surface area contributed by atoms with Gasteiger partial charge in [-0.2, -0.15) is 0 Å². The number of nitrogen functional groups attached to an aromatic ring is 1. The lowest BCUT2D eigenvalue weighted by Crippen LogP contribution is -2.21. The van der Waals surface area contributed by atoms with Gasteiger partial charge in [0.2, 0.25) is 0 Å². The van der Waals surface area contributed by atoms with Gasteiger partial charge in [-0.1, -0.05) is 13.3 Å². The molecule has 20 heavy (non-hydrogen) atoms. The topological polar surface area (TPSA) is 61.5 Å². The molecule has 2 rings (SSSR count). The molecule has 1 aliphatic carbocycles. The van der Waals surface area contributed by atoms with Crippen LogP contribution in [0.25, 0.3) is 0 Å². The van der Waals surface area contributed by atoms with Crippen LogP contribution in [0.1, 0.15) is 55.8 Å². The van der Waals surface area contributed by atoms with Gasteiger partial charge in [-0.3, -0.25) is 0 Å². The van der Waals surface area contributed by atoms with E-state index in [4.69, 9.17) is 15.2 Å². The summed E-state index contributed by atoms with van der Waals surface area (Å²) >= 11 is 0. The van der Waals surface area contributed by atoms with Crippen molar-refractivity contribution in [1.82, 2.24) is 0 Å². The van der Waals surface area contributed by atoms with Gasteiger partial charge < -0.3 is 15.2 Å². The summed E-state index contributed by atoms with van der Waals surface area (Å²) in [5, 5.41) is 0. The van der Waals surface area contributed by atoms with E-state index in [1.54, 1.807) is 18.2 Å². The van der Waals surface area contributed by atoms with Gasteiger partial charge in [-0.05, 0) is 50.3 Å². The van der Waals surface area contributed by atoms with Crippen LogP contribution in [-0.2, 0) is 4.74 Å². The third-order valence-electron chi connectivity index (χ3n) is 3.53. The average Bonchev–Trinajstić information content (AvgIpc) is 2.47. The molecule has 2 N–H and O–H groups in total. The van der Waals surface area contributed by atoms with E-state index < -0.39 is 0 Å². The third-order valence-corrected chi connectivity index (χ3v) is 3.53. The molecular weight excluding hydrogens is 254 g/mol. The van der Waals surface area contributed by atoms with Crippen LogP contribution in [-0.4, -0.2) is 18.7 Å². The SMILES string of the molecule is CCCOc1ccc(C(=O)OC2CCCCC2)cc1N. The summed E-state index contributed by atoms with van der Waals surface area (Å²) in [6.07, 6.45) is 6.45. The molecule has 0 radical (unpaired) electrons. The summed E-state index contributed by atoms with van der Waals surface area (Å²) in [6, 6.07) is 5.09. The molecule has 0 aromatic heterocycles. The maximum absolute atomic E-state index is 12.1. The van der Waals surface area contributed by atoms with E-state index in [0.29, 0.717) is 23.6 Å². The maximum Gasteiger partial charge on any atom is 0.338 e. The smallest absolute Gasteiger partial charge is 0.338 e. The fourth-order valence-electron chi connectivity index (χ4n) is 2.42. The molecule has 1 aromatic rings. The summed E-state index contributed by atoms with van der Waals surface area (Å²) in [5.74, 6) is 0.340. The first-order chi connectivity index (χ1) is 9.70. The zero-order valence-corrected chi connectivity index (χ0v) is 12.1. The average molecular weight is 277 g/mol. The molecule has 0 unspecified atom stereocenters. The molecule has 0 saturated heterocycles. The quantitative estimate of drug-likeness (QED) is 0.660. The highest BCUT2D eigenvalue weighted by Crippen LogP contribution is 2.25. The molecule has 0 heterocycles. The first-order valence-corrected chi connectivity index (χ1v) is 7.44. The molecule has 0 amide bonds. The van der Waals surface area contributed by atoms with E-state index in [-0.39, 0.29) is 12.1 Å². The predicted molar refractivity (Wildman–Crippen MR) is 78.9 cm³/mol. The molecule has 0 bridgehead atoms. The molecule has 0 spiro atoms. The number of carbonyl (C=O) groups excluding carboxylic acids is 1. The van der Waals surface area contributed by atoms with E-state index in [1.807, 2.05) is 6.92 Å². The van der Waals surface area contributed by atoms with Crippen LogP contribution in [0.15, 0.2) is 18.2 Å². The van der Waals surface area contributed by atoms with E-state index in [1.165, 1.54) is 6.42 Å². The highest BCUT2D eigenvalue weighted by atomic mass is 16.5. The van der Waals surface area contributed by atoms with Gasteiger partial charge >= 0.3 is 5.97 Å². The van der Waals surface area contributed by atoms with Crippen molar-refractivity contribution in [2.75, 3.05) is 12.3 Å². The normalized spacial score (nSPS) is 15.8. The summed E-state index contributed by atoms with van der Waals surface area (Å²) in [4.78, 5) is 12.1. The lowest BCUT2D eigenvalue weighted by atomic mass is 9.98. The van der Waals surface area contributed by atoms with E-state index in [9.17, 15) is 4.79 Å². The molecule has 4 heteroatoms. The van der Waals surface area contributed by atoms with Gasteiger partial charge in [0.25, 0.3) is 0 Å². The number of hydrogen-bond donors (Lipinski definition) is 1. The fraction of sp³-hybridized carbons (Fsp3) is 0.562. The van der Waals surface area contributed by atoms with Gasteiger partial charge in [0.15, 0.2) is 0 Å². The van der Waals surface area contributed by atoms with Crippen LogP contribution in [0.4, 0.5) is 5.69 Å². The summed E-state index contributed by atoms with van der Waals surface area (Å²) < 4.78 is 11.0. The number of nitrogens with two attached hydrogens (primary N) is 1. The molecule has 0 atom stereocenters. The Balaban J connectivity index is 1.97. The highest BCUT2D eigenvalue weighted by Gasteiger charge is 2.19. The number of esters is 1. The van der Waals surface area contributed by atoms with Crippen molar-refractivity contribution in [2.45, 2.75) is 51.6 Å². The number of benzene rings is 1. The lowest BCUT2D eigenvalue weighted by molar-refractivity contribution is 0.0211. The summed E-state index contributed by atoms with van der Waals surface area (Å²) in [7, 11) is 0. The molecule has 110 valence electrons. The van der Waals surface area contributed by atoms with Gasteiger partial charge in [0, 0.05) is 0 Å². The van der Waals surface area contributed by atoms with Gasteiger partial charge in [-0.15, -0.1) is 0 Å². The van der Waals surface area contributed by atoms with Crippen LogP contribution in [0.2, 0.25) is 0 Å². The maximum atomic E-state index is 12.1. The van der Waals surface area contributed by atoms with Crippen LogP contribution in [0, 0.1) is 0 Å². The van der Waals surface area contributed by atoms with Crippen molar-refractivity contribution in [3.8, 4) is 5.75 Å². The zero-order valence-electron chi connectivity index (χ0n) is 12.1. The number of hydrogen-bond acceptors (Lipinski definition) is 4. The van der Waals surface area contributed by atoms with Crippen LogP contribution in [0.3, 0.4) is 0 Å². The second kappa shape index (κ2) is 7.17. The van der Waals surface area contributed by atoms with Crippen molar-refractivity contribution in [2.24, 2.45) is 0 Å². The highest BCUT2D eigenvalue weighted by molar-refractivity contribution is 5.91. The zero-order chi connectivity index (χ0) is 14.4. The fourth-order valence-corrected chi connectivity index (χ4v) is 2.42. The van der Waals surface area contributed by atoms with Crippen LogP contribution >= 0.6 is 0 Å². The molecule has 0 aliphatic heterocycles. The van der Waals surface area contributed by atoms with E-state index >= 15 is 0 Å². The molecular formula is C16H23NO3. The molecule has 1 saturated carbocycles. The van der Waals surface area contributed by atoms with Crippen LogP contribution < -0.4 is 10.5 Å². The first-order valence-electron chi connectivity index (χ1n) is 7.44. The van der Waals surface area contributed by atoms with Crippen molar-refractivity contribution >= 4 is 11.7 Å². The molecule has 4 nitrogen and oxygen atoms in total. The first kappa shape index (κ1) is 14.7. The number of ether oxygens (including phenoxy) is 2. The largest absolute Gasteiger partial charge is 0.491 e. The summed E-state index contributed by atoms with van der Waals surface area (Å²) in [6.45, 7) is 2.65. The van der Waals surface area contributed by atoms with Crippen molar-refractivity contribution < 1.29 is 14.3 Å². The Kier molecular flexibility index (Phi) is 5.27. The van der Waals surface area contributed by atoms with Crippen molar-refractivity contribution in [3.05, 3.63) is 23.8 Å². The molecule has 1 aromatic carbocycles. The Hall–Kier alpha value is -1.71. The summed E-state index contributed by atoms with van der Waals surface area (Å²) in [5.41, 5.74) is 6.88. The second-order valence-corrected chi connectivity index (χ2v) is 5.27. The lowest BCUT2D eigenvalue weighted by Gasteiger charge is -2.21. The molecule has 1 fully saturated rings. The number of rotatable bonds is 5. The Bertz CT molecular complexity index is 453. The molecule has 1 aliphatic rings. The predicted octanol–water partition coefficient (Wildman–Crippen LogP) is 3.55. The monoisotopic (exact) mass is 277 g/mol.